The Hall–Kier alpha value is -1.13. The maximum Gasteiger partial charge on any atom is 0.0596 e. The third-order valence-corrected chi connectivity index (χ3v) is 4.02. The molecule has 0 bridgehead atoms. The lowest BCUT2D eigenvalue weighted by Crippen LogP contribution is -2.23. The fraction of sp³-hybridized carbons (Fsp3) is 0.500. The van der Waals surface area contributed by atoms with Crippen molar-refractivity contribution in [1.29, 1.82) is 0 Å². The predicted molar refractivity (Wildman–Crippen MR) is 77.1 cm³/mol. The van der Waals surface area contributed by atoms with Crippen LogP contribution in [-0.2, 0) is 13.0 Å². The molecule has 0 aliphatic carbocycles. The normalized spacial score (nSPS) is 12.8. The molecular weight excluding hydrogens is 242 g/mol. The standard InChI is InChI=1S/C14H21N3S/c1-4-15-13(14-7-6-8-18-14)10-12-9-11(3)16-17(12)5-2/h6-9,13,15H,4-5,10H2,1-3H3. The van der Waals surface area contributed by atoms with Gasteiger partial charge in [-0.1, -0.05) is 13.0 Å². The van der Waals surface area contributed by atoms with Crippen LogP contribution in [0, 0.1) is 6.92 Å². The highest BCUT2D eigenvalue weighted by atomic mass is 32.1. The summed E-state index contributed by atoms with van der Waals surface area (Å²) in [5.74, 6) is 0. The van der Waals surface area contributed by atoms with E-state index in [0.717, 1.165) is 25.2 Å². The molecule has 0 aromatic carbocycles. The van der Waals surface area contributed by atoms with Crippen LogP contribution in [-0.4, -0.2) is 16.3 Å². The molecule has 0 amide bonds. The third kappa shape index (κ3) is 3.00. The average molecular weight is 263 g/mol. The van der Waals surface area contributed by atoms with E-state index in [2.05, 4.69) is 59.4 Å². The number of nitrogens with zero attached hydrogens (tertiary/aromatic N) is 2. The van der Waals surface area contributed by atoms with Crippen LogP contribution in [0.4, 0.5) is 0 Å². The van der Waals surface area contributed by atoms with Crippen LogP contribution in [0.5, 0.6) is 0 Å². The van der Waals surface area contributed by atoms with Crippen LogP contribution in [0.3, 0.4) is 0 Å². The molecule has 0 saturated carbocycles. The van der Waals surface area contributed by atoms with Crippen molar-refractivity contribution in [2.24, 2.45) is 0 Å². The molecular formula is C14H21N3S. The largest absolute Gasteiger partial charge is 0.309 e. The van der Waals surface area contributed by atoms with Gasteiger partial charge in [-0.15, -0.1) is 11.3 Å². The second kappa shape index (κ2) is 6.16. The summed E-state index contributed by atoms with van der Waals surface area (Å²) in [6, 6.07) is 6.92. The highest BCUT2D eigenvalue weighted by Gasteiger charge is 2.15. The summed E-state index contributed by atoms with van der Waals surface area (Å²) in [6.45, 7) is 8.28. The summed E-state index contributed by atoms with van der Waals surface area (Å²) < 4.78 is 2.10. The second-order valence-corrected chi connectivity index (χ2v) is 5.40. The molecule has 0 aliphatic rings. The number of thiophene rings is 1. The number of aromatic nitrogens is 2. The van der Waals surface area contributed by atoms with Gasteiger partial charge in [0.05, 0.1) is 5.69 Å². The zero-order valence-electron chi connectivity index (χ0n) is 11.3. The van der Waals surface area contributed by atoms with Crippen LogP contribution >= 0.6 is 11.3 Å². The summed E-state index contributed by atoms with van der Waals surface area (Å²) in [7, 11) is 0. The summed E-state index contributed by atoms with van der Waals surface area (Å²) in [5, 5.41) is 10.2. The summed E-state index contributed by atoms with van der Waals surface area (Å²) in [6.07, 6.45) is 1.00. The molecule has 2 rings (SSSR count). The number of nitrogens with one attached hydrogen (secondary N) is 1. The monoisotopic (exact) mass is 263 g/mol. The Morgan fingerprint density at radius 2 is 2.28 bits per heavy atom. The van der Waals surface area contributed by atoms with E-state index in [1.54, 1.807) is 0 Å². The second-order valence-electron chi connectivity index (χ2n) is 4.42. The average Bonchev–Trinajstić information content (AvgIpc) is 2.97. The summed E-state index contributed by atoms with van der Waals surface area (Å²) in [5.41, 5.74) is 2.42. The van der Waals surface area contributed by atoms with E-state index in [-0.39, 0.29) is 0 Å². The van der Waals surface area contributed by atoms with Gasteiger partial charge >= 0.3 is 0 Å². The van der Waals surface area contributed by atoms with Crippen LogP contribution in [0.25, 0.3) is 0 Å². The lowest BCUT2D eigenvalue weighted by molar-refractivity contribution is 0.522. The van der Waals surface area contributed by atoms with Gasteiger partial charge in [0, 0.05) is 29.6 Å². The van der Waals surface area contributed by atoms with Crippen molar-refractivity contribution in [1.82, 2.24) is 15.1 Å². The van der Waals surface area contributed by atoms with Gasteiger partial charge in [-0.2, -0.15) is 5.10 Å². The number of likely N-dealkylation sites (N-methyl/N-ethyl adjacent to an activating group) is 1. The van der Waals surface area contributed by atoms with Crippen molar-refractivity contribution >= 4 is 11.3 Å². The zero-order chi connectivity index (χ0) is 13.0. The first-order valence-electron chi connectivity index (χ1n) is 6.54. The first-order valence-corrected chi connectivity index (χ1v) is 7.42. The zero-order valence-corrected chi connectivity index (χ0v) is 12.1. The fourth-order valence-electron chi connectivity index (χ4n) is 2.26. The van der Waals surface area contributed by atoms with E-state index < -0.39 is 0 Å². The molecule has 2 aromatic heterocycles. The van der Waals surface area contributed by atoms with Gasteiger partial charge < -0.3 is 5.32 Å². The Morgan fingerprint density at radius 1 is 1.44 bits per heavy atom. The number of hydrogen-bond donors (Lipinski definition) is 1. The smallest absolute Gasteiger partial charge is 0.0596 e. The Kier molecular flexibility index (Phi) is 4.55. The maximum absolute atomic E-state index is 4.52. The van der Waals surface area contributed by atoms with Crippen molar-refractivity contribution < 1.29 is 0 Å². The first kappa shape index (κ1) is 13.3. The molecule has 0 spiro atoms. The van der Waals surface area contributed by atoms with Crippen molar-refractivity contribution in [3.8, 4) is 0 Å². The quantitative estimate of drug-likeness (QED) is 0.867. The van der Waals surface area contributed by atoms with E-state index in [1.165, 1.54) is 10.6 Å². The van der Waals surface area contributed by atoms with Gasteiger partial charge in [0.25, 0.3) is 0 Å². The van der Waals surface area contributed by atoms with Crippen molar-refractivity contribution in [2.75, 3.05) is 6.54 Å². The van der Waals surface area contributed by atoms with E-state index in [1.807, 2.05) is 11.3 Å². The van der Waals surface area contributed by atoms with E-state index in [4.69, 9.17) is 0 Å². The van der Waals surface area contributed by atoms with Gasteiger partial charge in [-0.25, -0.2) is 0 Å². The van der Waals surface area contributed by atoms with E-state index in [0.29, 0.717) is 6.04 Å². The number of hydrogen-bond acceptors (Lipinski definition) is 3. The molecule has 1 unspecified atom stereocenters. The van der Waals surface area contributed by atoms with Gasteiger partial charge in [-0.05, 0) is 37.9 Å². The molecule has 0 aliphatic heterocycles. The molecule has 4 heteroatoms. The Labute approximate surface area is 113 Å². The molecule has 98 valence electrons. The number of rotatable bonds is 6. The molecule has 0 radical (unpaired) electrons. The predicted octanol–water partition coefficient (Wildman–Crippen LogP) is 3.17. The molecule has 0 fully saturated rings. The molecule has 0 saturated heterocycles. The van der Waals surface area contributed by atoms with Gasteiger partial charge in [0.2, 0.25) is 0 Å². The minimum atomic E-state index is 0.399. The van der Waals surface area contributed by atoms with Crippen molar-refractivity contribution in [3.05, 3.63) is 39.8 Å². The lowest BCUT2D eigenvalue weighted by atomic mass is 10.1. The van der Waals surface area contributed by atoms with Gasteiger partial charge in [0.15, 0.2) is 0 Å². The third-order valence-electron chi connectivity index (χ3n) is 3.04. The first-order chi connectivity index (χ1) is 8.74. The van der Waals surface area contributed by atoms with Crippen molar-refractivity contribution in [3.63, 3.8) is 0 Å². The minimum absolute atomic E-state index is 0.399. The molecule has 3 nitrogen and oxygen atoms in total. The van der Waals surface area contributed by atoms with E-state index in [9.17, 15) is 0 Å². The lowest BCUT2D eigenvalue weighted by Gasteiger charge is -2.16. The fourth-order valence-corrected chi connectivity index (χ4v) is 3.06. The highest BCUT2D eigenvalue weighted by molar-refractivity contribution is 7.10. The Balaban J connectivity index is 2.18. The maximum atomic E-state index is 4.52. The van der Waals surface area contributed by atoms with Gasteiger partial charge in [0.1, 0.15) is 0 Å². The van der Waals surface area contributed by atoms with Crippen LogP contribution < -0.4 is 5.32 Å². The van der Waals surface area contributed by atoms with Crippen LogP contribution in [0.15, 0.2) is 23.6 Å². The molecule has 2 aromatic rings. The Morgan fingerprint density at radius 3 is 2.89 bits per heavy atom. The SMILES string of the molecule is CCNC(Cc1cc(C)nn1CC)c1cccs1. The highest BCUT2D eigenvalue weighted by Crippen LogP contribution is 2.23. The van der Waals surface area contributed by atoms with E-state index >= 15 is 0 Å². The Bertz CT molecular complexity index is 473. The molecule has 2 heterocycles. The summed E-state index contributed by atoms with van der Waals surface area (Å²) >= 11 is 1.82. The molecule has 18 heavy (non-hydrogen) atoms. The van der Waals surface area contributed by atoms with Crippen LogP contribution in [0.1, 0.15) is 36.2 Å². The van der Waals surface area contributed by atoms with Crippen LogP contribution in [0.2, 0.25) is 0 Å². The molecule has 1 atom stereocenters. The molecule has 1 N–H and O–H groups in total. The van der Waals surface area contributed by atoms with Gasteiger partial charge in [-0.3, -0.25) is 4.68 Å². The topological polar surface area (TPSA) is 29.9 Å². The minimum Gasteiger partial charge on any atom is -0.309 e. The van der Waals surface area contributed by atoms with Crippen molar-refractivity contribution in [2.45, 2.75) is 39.8 Å². The number of aryl methyl sites for hydroxylation is 2. The summed E-state index contributed by atoms with van der Waals surface area (Å²) in [4.78, 5) is 1.40.